The number of benzene rings is 2. The number of carbonyl (C=O) groups is 1. The van der Waals surface area contributed by atoms with E-state index in [0.29, 0.717) is 5.56 Å². The van der Waals surface area contributed by atoms with Gasteiger partial charge < -0.3 is 14.4 Å². The lowest BCUT2D eigenvalue weighted by atomic mass is 9.99. The minimum atomic E-state index is -0.578. The number of nitrogens with zero attached hydrogens (tertiary/aromatic N) is 2. The van der Waals surface area contributed by atoms with E-state index in [0.717, 1.165) is 34.4 Å². The number of ether oxygens (including phenoxy) is 1. The maximum absolute atomic E-state index is 12.1. The van der Waals surface area contributed by atoms with Crippen LogP contribution in [0.15, 0.2) is 46.7 Å². The number of hydrogen-bond donors (Lipinski definition) is 0. The molecule has 0 aromatic heterocycles. The number of esters is 1. The van der Waals surface area contributed by atoms with Gasteiger partial charge in [-0.25, -0.2) is 4.79 Å². The van der Waals surface area contributed by atoms with Crippen LogP contribution in [0.4, 0.5) is 0 Å². The van der Waals surface area contributed by atoms with Crippen molar-refractivity contribution in [3.8, 4) is 0 Å². The summed E-state index contributed by atoms with van der Waals surface area (Å²) in [6.45, 7) is 8.22. The fourth-order valence-corrected chi connectivity index (χ4v) is 3.02. The fourth-order valence-electron chi connectivity index (χ4n) is 3.02. The summed E-state index contributed by atoms with van der Waals surface area (Å²) in [5, 5.41) is 8.15. The van der Waals surface area contributed by atoms with Crippen LogP contribution >= 0.6 is 0 Å². The molecule has 2 aromatic rings. The van der Waals surface area contributed by atoms with E-state index in [1.54, 1.807) is 6.07 Å². The number of carbonyl (C=O) groups excluding carboxylic acids is 1. The Labute approximate surface area is 172 Å². The first kappa shape index (κ1) is 22.1. The van der Waals surface area contributed by atoms with Crippen molar-refractivity contribution in [1.82, 2.24) is 0 Å². The third-order valence-corrected chi connectivity index (χ3v) is 4.74. The first-order valence-corrected chi connectivity index (χ1v) is 9.47. The second kappa shape index (κ2) is 10.4. The topological polar surface area (TPSA) is 69.5 Å². The molecule has 0 aliphatic carbocycles. The smallest absolute Gasteiger partial charge is 0.360 e. The summed E-state index contributed by atoms with van der Waals surface area (Å²) in [6.07, 6.45) is 0.961. The third kappa shape index (κ3) is 5.44. The van der Waals surface area contributed by atoms with Gasteiger partial charge in [-0.2, -0.15) is 0 Å². The van der Waals surface area contributed by atoms with E-state index in [9.17, 15) is 4.79 Å². The van der Waals surface area contributed by atoms with Crippen molar-refractivity contribution < 1.29 is 19.2 Å². The molecule has 0 atom stereocenters. The first-order chi connectivity index (χ1) is 13.9. The van der Waals surface area contributed by atoms with Gasteiger partial charge in [0, 0.05) is 16.7 Å². The van der Waals surface area contributed by atoms with Gasteiger partial charge in [0.2, 0.25) is 0 Å². The number of hydrogen-bond acceptors (Lipinski definition) is 6. The average molecular weight is 396 g/mol. The van der Waals surface area contributed by atoms with Gasteiger partial charge >= 0.3 is 5.97 Å². The monoisotopic (exact) mass is 396 g/mol. The Bertz CT molecular complexity index is 932. The SMILES string of the molecule is CCc1ccc(C)c(/C(C)=N/OCc2c(C)cccc2/C(=N\OC)C(=O)OC)c1. The molecule has 6 nitrogen and oxygen atoms in total. The van der Waals surface area contributed by atoms with Crippen LogP contribution in [0.5, 0.6) is 0 Å². The second-order valence-corrected chi connectivity index (χ2v) is 6.67. The maximum Gasteiger partial charge on any atom is 0.360 e. The van der Waals surface area contributed by atoms with Crippen LogP contribution in [-0.4, -0.2) is 31.6 Å². The van der Waals surface area contributed by atoms with E-state index in [4.69, 9.17) is 14.4 Å². The Morgan fingerprint density at radius 3 is 2.41 bits per heavy atom. The Hall–Kier alpha value is -3.15. The van der Waals surface area contributed by atoms with Gasteiger partial charge in [0.25, 0.3) is 0 Å². The number of oxime groups is 2. The Morgan fingerprint density at radius 2 is 1.76 bits per heavy atom. The Kier molecular flexibility index (Phi) is 7.95. The second-order valence-electron chi connectivity index (χ2n) is 6.67. The quantitative estimate of drug-likeness (QED) is 0.378. The van der Waals surface area contributed by atoms with Crippen LogP contribution in [0.1, 0.15) is 47.2 Å². The van der Waals surface area contributed by atoms with Crippen molar-refractivity contribution in [2.24, 2.45) is 10.3 Å². The molecule has 0 aliphatic rings. The largest absolute Gasteiger partial charge is 0.464 e. The maximum atomic E-state index is 12.1. The molecule has 0 fully saturated rings. The van der Waals surface area contributed by atoms with Crippen LogP contribution in [-0.2, 0) is 32.2 Å². The van der Waals surface area contributed by atoms with Crippen molar-refractivity contribution >= 4 is 17.4 Å². The van der Waals surface area contributed by atoms with Crippen molar-refractivity contribution in [3.05, 3.63) is 69.8 Å². The van der Waals surface area contributed by atoms with Crippen molar-refractivity contribution in [2.45, 2.75) is 40.7 Å². The van der Waals surface area contributed by atoms with Crippen LogP contribution in [0.25, 0.3) is 0 Å². The molecular weight excluding hydrogens is 368 g/mol. The molecule has 0 bridgehead atoms. The molecule has 29 heavy (non-hydrogen) atoms. The molecular formula is C23H28N2O4. The van der Waals surface area contributed by atoms with Crippen molar-refractivity contribution in [1.29, 1.82) is 0 Å². The molecule has 0 unspecified atom stereocenters. The molecule has 0 amide bonds. The Morgan fingerprint density at radius 1 is 1.00 bits per heavy atom. The van der Waals surface area contributed by atoms with Gasteiger partial charge in [0.05, 0.1) is 12.8 Å². The van der Waals surface area contributed by atoms with Crippen molar-refractivity contribution in [3.63, 3.8) is 0 Å². The highest BCUT2D eigenvalue weighted by molar-refractivity contribution is 6.43. The van der Waals surface area contributed by atoms with E-state index in [1.807, 2.05) is 26.0 Å². The number of rotatable bonds is 8. The zero-order valence-corrected chi connectivity index (χ0v) is 17.9. The summed E-state index contributed by atoms with van der Waals surface area (Å²) in [6, 6.07) is 11.9. The summed E-state index contributed by atoms with van der Waals surface area (Å²) < 4.78 is 4.83. The van der Waals surface area contributed by atoms with Gasteiger partial charge in [-0.3, -0.25) is 0 Å². The third-order valence-electron chi connectivity index (χ3n) is 4.74. The van der Waals surface area contributed by atoms with Gasteiger partial charge in [-0.05, 0) is 49.9 Å². The predicted octanol–water partition coefficient (Wildman–Crippen LogP) is 4.33. The van der Waals surface area contributed by atoms with Crippen LogP contribution < -0.4 is 0 Å². The predicted molar refractivity (Wildman–Crippen MR) is 114 cm³/mol. The summed E-state index contributed by atoms with van der Waals surface area (Å²) in [5.41, 5.74) is 6.68. The molecule has 154 valence electrons. The van der Waals surface area contributed by atoms with E-state index in [-0.39, 0.29) is 12.3 Å². The zero-order valence-electron chi connectivity index (χ0n) is 17.9. The highest BCUT2D eigenvalue weighted by Crippen LogP contribution is 2.19. The fraction of sp³-hybridized carbons (Fsp3) is 0.348. The van der Waals surface area contributed by atoms with Crippen LogP contribution in [0, 0.1) is 13.8 Å². The lowest BCUT2D eigenvalue weighted by Crippen LogP contribution is -2.20. The summed E-state index contributed by atoms with van der Waals surface area (Å²) in [7, 11) is 2.69. The normalized spacial score (nSPS) is 11.9. The first-order valence-electron chi connectivity index (χ1n) is 9.47. The van der Waals surface area contributed by atoms with Gasteiger partial charge in [0.1, 0.15) is 13.7 Å². The molecule has 0 spiro atoms. The molecule has 2 aromatic carbocycles. The minimum Gasteiger partial charge on any atom is -0.464 e. The summed E-state index contributed by atoms with van der Waals surface area (Å²) in [4.78, 5) is 22.6. The zero-order chi connectivity index (χ0) is 21.4. The molecule has 0 N–H and O–H groups in total. The van der Waals surface area contributed by atoms with Gasteiger partial charge in [-0.1, -0.05) is 47.6 Å². The van der Waals surface area contributed by atoms with Gasteiger partial charge in [0.15, 0.2) is 5.71 Å². The lowest BCUT2D eigenvalue weighted by Gasteiger charge is -2.13. The van der Waals surface area contributed by atoms with Crippen LogP contribution in [0.3, 0.4) is 0 Å². The molecule has 6 heteroatoms. The van der Waals surface area contributed by atoms with Gasteiger partial charge in [-0.15, -0.1) is 0 Å². The van der Waals surface area contributed by atoms with E-state index in [2.05, 4.69) is 42.4 Å². The molecule has 0 saturated heterocycles. The Balaban J connectivity index is 2.30. The standard InChI is InChI=1S/C23H28N2O4/c1-7-18-12-11-16(3)20(13-18)17(4)24-29-14-21-15(2)9-8-10-19(21)22(25-28-6)23(26)27-5/h8-13H,7,14H2,1-6H3/b24-17+,25-22+. The molecule has 0 saturated carbocycles. The van der Waals surface area contributed by atoms with Crippen molar-refractivity contribution in [2.75, 3.05) is 14.2 Å². The molecule has 0 radical (unpaired) electrons. The number of methoxy groups -OCH3 is 1. The van der Waals surface area contributed by atoms with E-state index >= 15 is 0 Å². The lowest BCUT2D eigenvalue weighted by molar-refractivity contribution is -0.132. The average Bonchev–Trinajstić information content (AvgIpc) is 2.73. The van der Waals surface area contributed by atoms with E-state index in [1.165, 1.54) is 19.8 Å². The molecule has 0 heterocycles. The minimum absolute atomic E-state index is 0.0875. The summed E-state index contributed by atoms with van der Waals surface area (Å²) in [5.74, 6) is -0.578. The highest BCUT2D eigenvalue weighted by atomic mass is 16.6. The van der Waals surface area contributed by atoms with E-state index < -0.39 is 5.97 Å². The molecule has 0 aliphatic heterocycles. The molecule has 2 rings (SSSR count). The highest BCUT2D eigenvalue weighted by Gasteiger charge is 2.20. The number of aryl methyl sites for hydroxylation is 3. The summed E-state index contributed by atoms with van der Waals surface area (Å²) >= 11 is 0. The van der Waals surface area contributed by atoms with Crippen LogP contribution in [0.2, 0.25) is 0 Å².